The molecule has 1 heteroatoms. The summed E-state index contributed by atoms with van der Waals surface area (Å²) in [5, 5.41) is 9.73. The van der Waals surface area contributed by atoms with E-state index in [1.165, 1.54) is 82.4 Å². The van der Waals surface area contributed by atoms with Crippen LogP contribution in [0, 0.1) is 0 Å². The van der Waals surface area contributed by atoms with Gasteiger partial charge in [0.2, 0.25) is 0 Å². The van der Waals surface area contributed by atoms with E-state index in [1.807, 2.05) is 0 Å². The summed E-state index contributed by atoms with van der Waals surface area (Å²) < 4.78 is 6.58. The van der Waals surface area contributed by atoms with Gasteiger partial charge in [0, 0.05) is 10.8 Å². The summed E-state index contributed by atoms with van der Waals surface area (Å²) in [6.07, 6.45) is 0. The molecule has 11 rings (SSSR count). The number of fused-ring (bicyclic) bond motifs is 6. The topological polar surface area (TPSA) is 13.1 Å². The van der Waals surface area contributed by atoms with Crippen molar-refractivity contribution in [3.05, 3.63) is 206 Å². The van der Waals surface area contributed by atoms with E-state index >= 15 is 0 Å². The number of rotatable bonds is 5. The van der Waals surface area contributed by atoms with Crippen LogP contribution in [-0.2, 0) is 0 Å². The second-order valence-electron chi connectivity index (χ2n) is 14.4. The lowest BCUT2D eigenvalue weighted by atomic mass is 9.85. The summed E-state index contributed by atoms with van der Waals surface area (Å²) in [6, 6.07) is 74.6. The van der Waals surface area contributed by atoms with Gasteiger partial charge in [0.05, 0.1) is 0 Å². The van der Waals surface area contributed by atoms with Crippen molar-refractivity contribution in [2.24, 2.45) is 0 Å². The Labute approximate surface area is 319 Å². The van der Waals surface area contributed by atoms with Crippen LogP contribution in [0.5, 0.6) is 0 Å². The number of hydrogen-bond acceptors (Lipinski definition) is 1. The normalized spacial score (nSPS) is 11.6. The van der Waals surface area contributed by atoms with Gasteiger partial charge in [-0.2, -0.15) is 0 Å². The summed E-state index contributed by atoms with van der Waals surface area (Å²) in [5.41, 5.74) is 13.9. The Morgan fingerprint density at radius 1 is 0.255 bits per heavy atom. The Balaban J connectivity index is 1.05. The summed E-state index contributed by atoms with van der Waals surface area (Å²) in [4.78, 5) is 0. The first-order valence-corrected chi connectivity index (χ1v) is 18.9. The highest BCUT2D eigenvalue weighted by Crippen LogP contribution is 2.47. The maximum atomic E-state index is 6.58. The van der Waals surface area contributed by atoms with Gasteiger partial charge in [-0.15, -0.1) is 0 Å². The highest BCUT2D eigenvalue weighted by Gasteiger charge is 2.20. The molecule has 0 radical (unpaired) electrons. The molecule has 1 heterocycles. The standard InChI is InChI=1S/C54H34O/c1-2-14-38(15-3-1)52-44-19-8-10-21-46(44)53(47-22-11-9-20-45(47)52)48-23-12-24-51-54(48)49-34-40(31-32-50(49)55-51)36-25-28-37(29-26-36)42-17-6-7-18-43(42)41-30-27-35-13-4-5-16-39(35)33-41/h1-34H. The number of hydrogen-bond donors (Lipinski definition) is 0. The molecule has 0 fully saturated rings. The van der Waals surface area contributed by atoms with Crippen molar-refractivity contribution < 1.29 is 4.42 Å². The first-order valence-electron chi connectivity index (χ1n) is 18.9. The molecule has 0 spiro atoms. The van der Waals surface area contributed by atoms with Gasteiger partial charge in [0.1, 0.15) is 11.2 Å². The predicted molar refractivity (Wildman–Crippen MR) is 233 cm³/mol. The van der Waals surface area contributed by atoms with Gasteiger partial charge in [-0.05, 0) is 112 Å². The minimum Gasteiger partial charge on any atom is -0.456 e. The molecule has 1 nitrogen and oxygen atoms in total. The number of benzene rings is 10. The van der Waals surface area contributed by atoms with Crippen molar-refractivity contribution in [2.45, 2.75) is 0 Å². The van der Waals surface area contributed by atoms with Gasteiger partial charge in [-0.1, -0.05) is 182 Å². The fourth-order valence-corrected chi connectivity index (χ4v) is 8.73. The molecular formula is C54H34O. The number of furan rings is 1. The van der Waals surface area contributed by atoms with E-state index in [0.29, 0.717) is 0 Å². The van der Waals surface area contributed by atoms with Crippen LogP contribution in [0.3, 0.4) is 0 Å². The maximum Gasteiger partial charge on any atom is 0.136 e. The van der Waals surface area contributed by atoms with Crippen molar-refractivity contribution >= 4 is 54.3 Å². The molecule has 0 unspecified atom stereocenters. The van der Waals surface area contributed by atoms with Gasteiger partial charge < -0.3 is 4.42 Å². The van der Waals surface area contributed by atoms with Gasteiger partial charge in [0.25, 0.3) is 0 Å². The Kier molecular flexibility index (Phi) is 7.25. The van der Waals surface area contributed by atoms with Crippen LogP contribution in [0.2, 0.25) is 0 Å². The van der Waals surface area contributed by atoms with E-state index in [9.17, 15) is 0 Å². The van der Waals surface area contributed by atoms with Crippen molar-refractivity contribution in [3.8, 4) is 55.6 Å². The van der Waals surface area contributed by atoms with Gasteiger partial charge in [-0.25, -0.2) is 0 Å². The average molecular weight is 699 g/mol. The first-order chi connectivity index (χ1) is 27.3. The summed E-state index contributed by atoms with van der Waals surface area (Å²) >= 11 is 0. The summed E-state index contributed by atoms with van der Waals surface area (Å²) in [6.45, 7) is 0. The van der Waals surface area contributed by atoms with E-state index in [-0.39, 0.29) is 0 Å². The van der Waals surface area contributed by atoms with Crippen LogP contribution in [0.1, 0.15) is 0 Å². The zero-order valence-corrected chi connectivity index (χ0v) is 30.0. The Morgan fingerprint density at radius 3 is 1.53 bits per heavy atom. The molecule has 0 bridgehead atoms. The van der Waals surface area contributed by atoms with Crippen LogP contribution in [0.25, 0.3) is 110 Å². The minimum absolute atomic E-state index is 0.890. The monoisotopic (exact) mass is 698 g/mol. The van der Waals surface area contributed by atoms with Crippen molar-refractivity contribution in [1.82, 2.24) is 0 Å². The highest BCUT2D eigenvalue weighted by atomic mass is 16.3. The molecular weight excluding hydrogens is 665 g/mol. The fourth-order valence-electron chi connectivity index (χ4n) is 8.73. The maximum absolute atomic E-state index is 6.58. The van der Waals surface area contributed by atoms with Crippen LogP contribution < -0.4 is 0 Å². The molecule has 0 aliphatic rings. The molecule has 0 amide bonds. The third-order valence-electron chi connectivity index (χ3n) is 11.3. The van der Waals surface area contributed by atoms with Gasteiger partial charge in [-0.3, -0.25) is 0 Å². The lowest BCUT2D eigenvalue weighted by Crippen LogP contribution is -1.91. The van der Waals surface area contributed by atoms with Crippen LogP contribution in [0.4, 0.5) is 0 Å². The summed E-state index contributed by atoms with van der Waals surface area (Å²) in [5.74, 6) is 0. The fraction of sp³-hybridized carbons (Fsp3) is 0. The van der Waals surface area contributed by atoms with Gasteiger partial charge >= 0.3 is 0 Å². The molecule has 55 heavy (non-hydrogen) atoms. The third kappa shape index (κ3) is 5.16. The van der Waals surface area contributed by atoms with Crippen molar-refractivity contribution in [3.63, 3.8) is 0 Å². The first kappa shape index (κ1) is 31.3. The second-order valence-corrected chi connectivity index (χ2v) is 14.4. The molecule has 0 saturated carbocycles. The molecule has 256 valence electrons. The largest absolute Gasteiger partial charge is 0.456 e. The lowest BCUT2D eigenvalue weighted by molar-refractivity contribution is 0.669. The van der Waals surface area contributed by atoms with Crippen LogP contribution in [-0.4, -0.2) is 0 Å². The SMILES string of the molecule is c1ccc(-c2c3ccccc3c(-c3cccc4oc5ccc(-c6ccc(-c7ccccc7-c7ccc8ccccc8c7)cc6)cc5c34)c3ccccc23)cc1. The molecule has 0 aliphatic carbocycles. The average Bonchev–Trinajstić information content (AvgIpc) is 3.64. The van der Waals surface area contributed by atoms with E-state index in [1.54, 1.807) is 0 Å². The van der Waals surface area contributed by atoms with Gasteiger partial charge in [0.15, 0.2) is 0 Å². The molecule has 1 aromatic heterocycles. The molecule has 0 aliphatic heterocycles. The quantitative estimate of drug-likeness (QED) is 0.163. The second kappa shape index (κ2) is 12.7. The molecule has 0 atom stereocenters. The Bertz CT molecular complexity index is 3180. The third-order valence-corrected chi connectivity index (χ3v) is 11.3. The van der Waals surface area contributed by atoms with E-state index < -0.39 is 0 Å². The molecule has 11 aromatic rings. The van der Waals surface area contributed by atoms with Crippen molar-refractivity contribution in [1.29, 1.82) is 0 Å². The minimum atomic E-state index is 0.890. The zero-order chi connectivity index (χ0) is 36.3. The summed E-state index contributed by atoms with van der Waals surface area (Å²) in [7, 11) is 0. The molecule has 0 saturated heterocycles. The van der Waals surface area contributed by atoms with E-state index in [4.69, 9.17) is 4.42 Å². The van der Waals surface area contributed by atoms with Crippen LogP contribution >= 0.6 is 0 Å². The van der Waals surface area contributed by atoms with Crippen LogP contribution in [0.15, 0.2) is 211 Å². The Morgan fingerprint density at radius 2 is 0.800 bits per heavy atom. The smallest absolute Gasteiger partial charge is 0.136 e. The van der Waals surface area contributed by atoms with Crippen molar-refractivity contribution in [2.75, 3.05) is 0 Å². The Hall–Kier alpha value is -7.22. The zero-order valence-electron chi connectivity index (χ0n) is 30.0. The van der Waals surface area contributed by atoms with E-state index in [0.717, 1.165) is 27.5 Å². The van der Waals surface area contributed by atoms with E-state index in [2.05, 4.69) is 206 Å². The molecule has 0 N–H and O–H groups in total. The molecule has 10 aromatic carbocycles. The lowest BCUT2D eigenvalue weighted by Gasteiger charge is -2.18. The highest BCUT2D eigenvalue weighted by molar-refractivity contribution is 6.25. The predicted octanol–water partition coefficient (Wildman–Crippen LogP) is 15.4.